The Hall–Kier alpha value is -1.52. The van der Waals surface area contributed by atoms with E-state index < -0.39 is 6.10 Å². The third kappa shape index (κ3) is 3.99. The molecule has 0 saturated heterocycles. The zero-order valence-electron chi connectivity index (χ0n) is 12.7. The van der Waals surface area contributed by atoms with Crippen molar-refractivity contribution in [1.82, 2.24) is 10.3 Å². The number of hydrogen-bond donors (Lipinski definition) is 3. The fraction of sp³-hybridized carbons (Fsp3) is 0.500. The lowest BCUT2D eigenvalue weighted by molar-refractivity contribution is 0.100. The number of benzene rings is 1. The van der Waals surface area contributed by atoms with Crippen molar-refractivity contribution < 1.29 is 9.84 Å². The second kappa shape index (κ2) is 5.85. The van der Waals surface area contributed by atoms with Crippen molar-refractivity contribution in [3.63, 3.8) is 0 Å². The average molecular weight is 276 g/mol. The van der Waals surface area contributed by atoms with Crippen LogP contribution in [0, 0.1) is 6.92 Å². The molecule has 4 nitrogen and oxygen atoms in total. The molecule has 110 valence electrons. The van der Waals surface area contributed by atoms with Crippen LogP contribution >= 0.6 is 0 Å². The van der Waals surface area contributed by atoms with Crippen LogP contribution in [-0.2, 0) is 0 Å². The first-order chi connectivity index (χ1) is 9.35. The van der Waals surface area contributed by atoms with E-state index >= 15 is 0 Å². The van der Waals surface area contributed by atoms with Crippen LogP contribution in [-0.4, -0.2) is 34.9 Å². The van der Waals surface area contributed by atoms with Crippen LogP contribution in [0.5, 0.6) is 5.75 Å². The minimum Gasteiger partial charge on any atom is -0.491 e. The third-order valence-electron chi connectivity index (χ3n) is 3.17. The number of aromatic amines is 1. The van der Waals surface area contributed by atoms with Gasteiger partial charge in [0, 0.05) is 29.2 Å². The number of H-pyrrole nitrogens is 1. The number of aliphatic hydroxyl groups excluding tert-OH is 1. The molecule has 0 aliphatic rings. The van der Waals surface area contributed by atoms with Crippen LogP contribution < -0.4 is 10.1 Å². The highest BCUT2D eigenvalue weighted by molar-refractivity contribution is 5.84. The molecule has 20 heavy (non-hydrogen) atoms. The summed E-state index contributed by atoms with van der Waals surface area (Å²) in [4.78, 5) is 3.20. The van der Waals surface area contributed by atoms with Gasteiger partial charge in [-0.2, -0.15) is 0 Å². The van der Waals surface area contributed by atoms with Crippen molar-refractivity contribution in [2.45, 2.75) is 39.3 Å². The number of β-amino-alcohol motifs (C(OH)–C–C–N with tert-alkyl or cyclic N) is 1. The molecule has 0 bridgehead atoms. The standard InChI is InChI=1S/C16H24N2O2/c1-11-8-17-15-6-5-13(7-14(11)15)20-10-12(19)9-18-16(2,3)4/h5-8,12,17-19H,9-10H2,1-4H3. The van der Waals surface area contributed by atoms with Gasteiger partial charge < -0.3 is 20.1 Å². The van der Waals surface area contributed by atoms with Crippen molar-refractivity contribution in [2.24, 2.45) is 0 Å². The number of hydrogen-bond acceptors (Lipinski definition) is 3. The van der Waals surface area contributed by atoms with Gasteiger partial charge in [-0.25, -0.2) is 0 Å². The van der Waals surface area contributed by atoms with E-state index in [1.165, 1.54) is 5.56 Å². The Kier molecular flexibility index (Phi) is 4.35. The van der Waals surface area contributed by atoms with E-state index in [-0.39, 0.29) is 12.1 Å². The molecule has 0 aliphatic carbocycles. The van der Waals surface area contributed by atoms with Gasteiger partial charge in [0.2, 0.25) is 0 Å². The number of aliphatic hydroxyl groups is 1. The van der Waals surface area contributed by atoms with E-state index in [0.29, 0.717) is 6.54 Å². The minimum absolute atomic E-state index is 0.00211. The average Bonchev–Trinajstić information content (AvgIpc) is 2.75. The molecule has 0 fully saturated rings. The quantitative estimate of drug-likeness (QED) is 0.787. The largest absolute Gasteiger partial charge is 0.491 e. The van der Waals surface area contributed by atoms with Gasteiger partial charge in [-0.15, -0.1) is 0 Å². The van der Waals surface area contributed by atoms with Gasteiger partial charge in [0.1, 0.15) is 18.5 Å². The molecule has 2 aromatic rings. The Morgan fingerprint density at radius 3 is 2.80 bits per heavy atom. The van der Waals surface area contributed by atoms with Crippen LogP contribution in [0.2, 0.25) is 0 Å². The summed E-state index contributed by atoms with van der Waals surface area (Å²) in [7, 11) is 0. The SMILES string of the molecule is Cc1c[nH]c2ccc(OCC(O)CNC(C)(C)C)cc12. The number of aromatic nitrogens is 1. The van der Waals surface area contributed by atoms with E-state index in [9.17, 15) is 5.11 Å². The molecule has 2 rings (SSSR count). The van der Waals surface area contributed by atoms with Gasteiger partial charge in [0.05, 0.1) is 0 Å². The Bertz CT molecular complexity index is 569. The number of rotatable bonds is 5. The Balaban J connectivity index is 1.90. The number of aryl methyl sites for hydroxylation is 1. The molecule has 0 saturated carbocycles. The second-order valence-electron chi connectivity index (χ2n) is 6.27. The predicted molar refractivity (Wildman–Crippen MR) is 82.3 cm³/mol. The molecular formula is C16H24N2O2. The molecule has 1 unspecified atom stereocenters. The van der Waals surface area contributed by atoms with Crippen LogP contribution in [0.15, 0.2) is 24.4 Å². The highest BCUT2D eigenvalue weighted by atomic mass is 16.5. The summed E-state index contributed by atoms with van der Waals surface area (Å²) in [5.41, 5.74) is 2.30. The lowest BCUT2D eigenvalue weighted by atomic mass is 10.1. The zero-order valence-corrected chi connectivity index (χ0v) is 12.7. The summed E-state index contributed by atoms with van der Waals surface area (Å²) in [5.74, 6) is 0.787. The highest BCUT2D eigenvalue weighted by Gasteiger charge is 2.12. The van der Waals surface area contributed by atoms with Crippen molar-refractivity contribution in [2.75, 3.05) is 13.2 Å². The van der Waals surface area contributed by atoms with Crippen LogP contribution in [0.1, 0.15) is 26.3 Å². The van der Waals surface area contributed by atoms with Gasteiger partial charge >= 0.3 is 0 Å². The predicted octanol–water partition coefficient (Wildman–Crippen LogP) is 2.60. The van der Waals surface area contributed by atoms with Gasteiger partial charge in [0.15, 0.2) is 0 Å². The summed E-state index contributed by atoms with van der Waals surface area (Å²) in [6, 6.07) is 5.92. The molecule has 0 aliphatic heterocycles. The number of fused-ring (bicyclic) bond motifs is 1. The maximum absolute atomic E-state index is 9.91. The highest BCUT2D eigenvalue weighted by Crippen LogP contribution is 2.23. The van der Waals surface area contributed by atoms with Crippen molar-refractivity contribution in [3.8, 4) is 5.75 Å². The Morgan fingerprint density at radius 2 is 2.10 bits per heavy atom. The van der Waals surface area contributed by atoms with Crippen LogP contribution in [0.4, 0.5) is 0 Å². The molecule has 0 spiro atoms. The van der Waals surface area contributed by atoms with Gasteiger partial charge in [-0.1, -0.05) is 0 Å². The molecular weight excluding hydrogens is 252 g/mol. The Labute approximate surface area is 120 Å². The topological polar surface area (TPSA) is 57.3 Å². The Morgan fingerprint density at radius 1 is 1.35 bits per heavy atom. The van der Waals surface area contributed by atoms with Crippen molar-refractivity contribution in [1.29, 1.82) is 0 Å². The molecule has 0 radical (unpaired) electrons. The van der Waals surface area contributed by atoms with Crippen molar-refractivity contribution in [3.05, 3.63) is 30.0 Å². The molecule has 4 heteroatoms. The lowest BCUT2D eigenvalue weighted by Crippen LogP contribution is -2.42. The van der Waals surface area contributed by atoms with Crippen LogP contribution in [0.3, 0.4) is 0 Å². The third-order valence-corrected chi connectivity index (χ3v) is 3.17. The molecule has 1 aromatic carbocycles. The maximum atomic E-state index is 9.91. The van der Waals surface area contributed by atoms with E-state index in [2.05, 4.69) is 38.0 Å². The number of nitrogens with one attached hydrogen (secondary N) is 2. The summed E-state index contributed by atoms with van der Waals surface area (Å²) >= 11 is 0. The van der Waals surface area contributed by atoms with Gasteiger partial charge in [0.25, 0.3) is 0 Å². The van der Waals surface area contributed by atoms with E-state index in [0.717, 1.165) is 16.7 Å². The van der Waals surface area contributed by atoms with E-state index in [1.54, 1.807) is 0 Å². The summed E-state index contributed by atoms with van der Waals surface area (Å²) in [5, 5.41) is 14.3. The minimum atomic E-state index is -0.516. The first-order valence-corrected chi connectivity index (χ1v) is 6.99. The lowest BCUT2D eigenvalue weighted by Gasteiger charge is -2.23. The van der Waals surface area contributed by atoms with Gasteiger partial charge in [-0.05, 0) is 51.5 Å². The second-order valence-corrected chi connectivity index (χ2v) is 6.27. The monoisotopic (exact) mass is 276 g/mol. The maximum Gasteiger partial charge on any atom is 0.120 e. The summed E-state index contributed by atoms with van der Waals surface area (Å²) in [6.45, 7) is 9.09. The van der Waals surface area contributed by atoms with Crippen LogP contribution in [0.25, 0.3) is 10.9 Å². The number of ether oxygens (including phenoxy) is 1. The smallest absolute Gasteiger partial charge is 0.120 e. The zero-order chi connectivity index (χ0) is 14.8. The fourth-order valence-corrected chi connectivity index (χ4v) is 2.00. The van der Waals surface area contributed by atoms with Crippen molar-refractivity contribution >= 4 is 10.9 Å². The molecule has 1 atom stereocenters. The van der Waals surface area contributed by atoms with E-state index in [1.807, 2.05) is 24.4 Å². The van der Waals surface area contributed by atoms with E-state index in [4.69, 9.17) is 4.74 Å². The molecule has 1 heterocycles. The first-order valence-electron chi connectivity index (χ1n) is 6.99. The fourth-order valence-electron chi connectivity index (χ4n) is 2.00. The van der Waals surface area contributed by atoms with Gasteiger partial charge in [-0.3, -0.25) is 0 Å². The first kappa shape index (κ1) is 14.9. The molecule has 1 aromatic heterocycles. The normalized spacial score (nSPS) is 13.7. The summed E-state index contributed by atoms with van der Waals surface area (Å²) < 4.78 is 5.66. The molecule has 3 N–H and O–H groups in total. The summed E-state index contributed by atoms with van der Waals surface area (Å²) in [6.07, 6.45) is 1.47. The molecule has 0 amide bonds.